The van der Waals surface area contributed by atoms with Crippen LogP contribution in [0.1, 0.15) is 10.4 Å². The number of hydrogen-bond donors (Lipinski definition) is 3. The summed E-state index contributed by atoms with van der Waals surface area (Å²) in [7, 11) is 1.42. The van der Waals surface area contributed by atoms with Crippen LogP contribution in [0.4, 0.5) is 0 Å². The molecule has 0 saturated heterocycles. The van der Waals surface area contributed by atoms with Crippen molar-refractivity contribution in [2.45, 2.75) is 0 Å². The van der Waals surface area contributed by atoms with Crippen LogP contribution in [0.15, 0.2) is 40.8 Å². The Kier molecular flexibility index (Phi) is 3.14. The first kappa shape index (κ1) is 13.8. The van der Waals surface area contributed by atoms with Gasteiger partial charge in [-0.1, -0.05) is 0 Å². The Labute approximate surface area is 124 Å². The van der Waals surface area contributed by atoms with Crippen molar-refractivity contribution >= 4 is 16.9 Å². The zero-order chi connectivity index (χ0) is 15.9. The zero-order valence-electron chi connectivity index (χ0n) is 11.5. The first-order valence-electron chi connectivity index (χ1n) is 6.37. The number of ether oxygens (including phenoxy) is 1. The van der Waals surface area contributed by atoms with Crippen molar-refractivity contribution in [1.82, 2.24) is 0 Å². The van der Waals surface area contributed by atoms with Crippen molar-refractivity contribution in [2.24, 2.45) is 0 Å². The smallest absolute Gasteiger partial charge is 0.340 e. The standard InChI is InChI=1S/C16H12O6/c1-21-12-5-2-8(6-11(12)18)15-14(16(19)20)10-4-3-9(17)7-13(10)22-15/h2-7,17-18H,1H3,(H,19,20). The third kappa shape index (κ3) is 2.10. The summed E-state index contributed by atoms with van der Waals surface area (Å²) in [6.45, 7) is 0. The summed E-state index contributed by atoms with van der Waals surface area (Å²) < 4.78 is 10.5. The van der Waals surface area contributed by atoms with Crippen LogP contribution in [0.25, 0.3) is 22.3 Å². The van der Waals surface area contributed by atoms with E-state index in [-0.39, 0.29) is 34.2 Å². The highest BCUT2D eigenvalue weighted by Gasteiger charge is 2.22. The molecule has 1 heterocycles. The summed E-state index contributed by atoms with van der Waals surface area (Å²) in [4.78, 5) is 11.6. The van der Waals surface area contributed by atoms with E-state index in [2.05, 4.69) is 0 Å². The highest BCUT2D eigenvalue weighted by Crippen LogP contribution is 2.38. The van der Waals surface area contributed by atoms with Crippen molar-refractivity contribution in [3.63, 3.8) is 0 Å². The van der Waals surface area contributed by atoms with Gasteiger partial charge in [-0.15, -0.1) is 0 Å². The second-order valence-corrected chi connectivity index (χ2v) is 4.68. The van der Waals surface area contributed by atoms with Gasteiger partial charge in [-0.25, -0.2) is 4.79 Å². The molecule has 0 bridgehead atoms. The number of phenolic OH excluding ortho intramolecular Hbond substituents is 2. The van der Waals surface area contributed by atoms with Crippen LogP contribution in [-0.2, 0) is 0 Å². The molecule has 0 unspecified atom stereocenters. The van der Waals surface area contributed by atoms with Crippen LogP contribution in [-0.4, -0.2) is 28.4 Å². The molecule has 3 rings (SSSR count). The fourth-order valence-electron chi connectivity index (χ4n) is 2.33. The molecule has 6 nitrogen and oxygen atoms in total. The number of aromatic carboxylic acids is 1. The molecule has 3 N–H and O–H groups in total. The van der Waals surface area contributed by atoms with Crippen LogP contribution in [0.2, 0.25) is 0 Å². The van der Waals surface area contributed by atoms with Gasteiger partial charge in [0.1, 0.15) is 22.7 Å². The SMILES string of the molecule is COc1ccc(-c2oc3cc(O)ccc3c2C(=O)O)cc1O. The van der Waals surface area contributed by atoms with Gasteiger partial charge in [0.05, 0.1) is 7.11 Å². The Bertz CT molecular complexity index is 878. The molecule has 6 heteroatoms. The Morgan fingerprint density at radius 3 is 2.55 bits per heavy atom. The largest absolute Gasteiger partial charge is 0.508 e. The number of phenols is 2. The molecular formula is C16H12O6. The van der Waals surface area contributed by atoms with Gasteiger partial charge >= 0.3 is 5.97 Å². The monoisotopic (exact) mass is 300 g/mol. The normalized spacial score (nSPS) is 10.8. The Morgan fingerprint density at radius 2 is 1.91 bits per heavy atom. The molecule has 0 spiro atoms. The fourth-order valence-corrected chi connectivity index (χ4v) is 2.33. The van der Waals surface area contributed by atoms with Crippen LogP contribution < -0.4 is 4.74 Å². The minimum absolute atomic E-state index is 0.0256. The maximum atomic E-state index is 11.6. The molecule has 0 atom stereocenters. The maximum Gasteiger partial charge on any atom is 0.340 e. The zero-order valence-corrected chi connectivity index (χ0v) is 11.5. The summed E-state index contributed by atoms with van der Waals surface area (Å²) in [5.41, 5.74) is 0.619. The van der Waals surface area contributed by atoms with E-state index in [1.807, 2.05) is 0 Å². The van der Waals surface area contributed by atoms with Gasteiger partial charge in [0.15, 0.2) is 11.5 Å². The molecule has 0 fully saturated rings. The molecule has 0 aliphatic heterocycles. The molecule has 22 heavy (non-hydrogen) atoms. The molecule has 0 aliphatic carbocycles. The van der Waals surface area contributed by atoms with E-state index in [4.69, 9.17) is 9.15 Å². The third-order valence-corrected chi connectivity index (χ3v) is 3.33. The number of fused-ring (bicyclic) bond motifs is 1. The maximum absolute atomic E-state index is 11.6. The Morgan fingerprint density at radius 1 is 1.14 bits per heavy atom. The fraction of sp³-hybridized carbons (Fsp3) is 0.0625. The van der Waals surface area contributed by atoms with Crippen LogP contribution >= 0.6 is 0 Å². The first-order valence-corrected chi connectivity index (χ1v) is 6.37. The number of carboxylic acid groups (broad SMARTS) is 1. The van der Waals surface area contributed by atoms with E-state index in [9.17, 15) is 20.1 Å². The Hall–Kier alpha value is -3.15. The lowest BCUT2D eigenvalue weighted by molar-refractivity contribution is 0.0699. The van der Waals surface area contributed by atoms with Crippen molar-refractivity contribution < 1.29 is 29.3 Å². The lowest BCUT2D eigenvalue weighted by Crippen LogP contribution is -1.97. The van der Waals surface area contributed by atoms with Crippen molar-refractivity contribution in [1.29, 1.82) is 0 Å². The topological polar surface area (TPSA) is 100 Å². The molecule has 1 aromatic heterocycles. The summed E-state index contributed by atoms with van der Waals surface area (Å²) in [5, 5.41) is 29.1. The van der Waals surface area contributed by atoms with E-state index >= 15 is 0 Å². The van der Waals surface area contributed by atoms with E-state index in [1.165, 1.54) is 37.4 Å². The van der Waals surface area contributed by atoms with Crippen molar-refractivity contribution in [3.8, 4) is 28.6 Å². The number of furan rings is 1. The molecule has 112 valence electrons. The molecule has 0 saturated carbocycles. The Balaban J connectivity index is 2.28. The van der Waals surface area contributed by atoms with E-state index in [0.29, 0.717) is 10.9 Å². The second kappa shape index (κ2) is 5.00. The van der Waals surface area contributed by atoms with E-state index in [0.717, 1.165) is 0 Å². The minimum atomic E-state index is -1.16. The molecule has 3 aromatic rings. The van der Waals surface area contributed by atoms with Gasteiger partial charge in [-0.05, 0) is 30.3 Å². The van der Waals surface area contributed by atoms with E-state index < -0.39 is 5.97 Å². The van der Waals surface area contributed by atoms with Gasteiger partial charge in [0.25, 0.3) is 0 Å². The van der Waals surface area contributed by atoms with Crippen molar-refractivity contribution in [3.05, 3.63) is 42.0 Å². The summed E-state index contributed by atoms with van der Waals surface area (Å²) in [6.07, 6.45) is 0. The quantitative estimate of drug-likeness (QED) is 0.686. The molecular weight excluding hydrogens is 288 g/mol. The lowest BCUT2D eigenvalue weighted by Gasteiger charge is -2.05. The summed E-state index contributed by atoms with van der Waals surface area (Å²) in [6, 6.07) is 8.67. The number of methoxy groups -OCH3 is 1. The molecule has 0 amide bonds. The number of benzene rings is 2. The van der Waals surface area contributed by atoms with Gasteiger partial charge in [-0.3, -0.25) is 0 Å². The molecule has 0 radical (unpaired) electrons. The minimum Gasteiger partial charge on any atom is -0.508 e. The van der Waals surface area contributed by atoms with E-state index in [1.54, 1.807) is 6.07 Å². The summed E-state index contributed by atoms with van der Waals surface area (Å²) in [5.74, 6) is -0.933. The van der Waals surface area contributed by atoms with Gasteiger partial charge in [-0.2, -0.15) is 0 Å². The predicted octanol–water partition coefficient (Wildman–Crippen LogP) is 3.22. The number of carbonyl (C=O) groups is 1. The van der Waals surface area contributed by atoms with Crippen LogP contribution in [0, 0.1) is 0 Å². The van der Waals surface area contributed by atoms with Crippen LogP contribution in [0.3, 0.4) is 0 Å². The predicted molar refractivity (Wildman–Crippen MR) is 78.5 cm³/mol. The average molecular weight is 300 g/mol. The second-order valence-electron chi connectivity index (χ2n) is 4.68. The van der Waals surface area contributed by atoms with Gasteiger partial charge < -0.3 is 24.5 Å². The highest BCUT2D eigenvalue weighted by molar-refractivity contribution is 6.08. The number of rotatable bonds is 3. The third-order valence-electron chi connectivity index (χ3n) is 3.33. The summed E-state index contributed by atoms with van der Waals surface area (Å²) >= 11 is 0. The van der Waals surface area contributed by atoms with Gasteiger partial charge in [0.2, 0.25) is 0 Å². The molecule has 2 aromatic carbocycles. The number of carboxylic acids is 1. The lowest BCUT2D eigenvalue weighted by atomic mass is 10.1. The van der Waals surface area contributed by atoms with Crippen molar-refractivity contribution in [2.75, 3.05) is 7.11 Å². The number of hydrogen-bond acceptors (Lipinski definition) is 5. The average Bonchev–Trinajstić information content (AvgIpc) is 2.85. The molecule has 0 aliphatic rings. The highest BCUT2D eigenvalue weighted by atomic mass is 16.5. The van der Waals surface area contributed by atoms with Gasteiger partial charge in [0, 0.05) is 17.0 Å². The van der Waals surface area contributed by atoms with Crippen LogP contribution in [0.5, 0.6) is 17.2 Å². The first-order chi connectivity index (χ1) is 10.5. The number of aromatic hydroxyl groups is 2.